The van der Waals surface area contributed by atoms with Crippen LogP contribution in [0.5, 0.6) is 0 Å². The summed E-state index contributed by atoms with van der Waals surface area (Å²) in [6.07, 6.45) is 1.31. The first-order valence-corrected chi connectivity index (χ1v) is 9.93. The second-order valence-corrected chi connectivity index (χ2v) is 7.30. The van der Waals surface area contributed by atoms with Crippen molar-refractivity contribution in [2.45, 2.75) is 6.92 Å². The fourth-order valence-corrected chi connectivity index (χ4v) is 3.67. The van der Waals surface area contributed by atoms with E-state index in [1.54, 1.807) is 36.0 Å². The number of benzene rings is 2. The van der Waals surface area contributed by atoms with E-state index in [-0.39, 0.29) is 11.6 Å². The Kier molecular flexibility index (Phi) is 4.74. The number of halogens is 1. The van der Waals surface area contributed by atoms with Gasteiger partial charge in [-0.25, -0.2) is 9.37 Å². The lowest BCUT2D eigenvalue weighted by Gasteiger charge is -2.08. The number of nitrogens with zero attached hydrogens (tertiary/aromatic N) is 4. The van der Waals surface area contributed by atoms with Crippen LogP contribution in [0.4, 0.5) is 10.4 Å². The van der Waals surface area contributed by atoms with E-state index >= 15 is 0 Å². The fraction of sp³-hybridized carbons (Fsp3) is 0.0833. The Morgan fingerprint density at radius 3 is 2.56 bits per heavy atom. The topological polar surface area (TPSA) is 85.8 Å². The highest BCUT2D eigenvalue weighted by Crippen LogP contribution is 2.28. The van der Waals surface area contributed by atoms with Crippen molar-refractivity contribution in [3.05, 3.63) is 84.0 Å². The smallest absolute Gasteiger partial charge is 0.302 e. The maximum absolute atomic E-state index is 14.1. The molecule has 0 unspecified atom stereocenters. The Hall–Kier alpha value is -4.33. The minimum absolute atomic E-state index is 0.0268. The van der Waals surface area contributed by atoms with Crippen molar-refractivity contribution in [2.24, 2.45) is 7.05 Å². The molecule has 8 heteroatoms. The number of pyridine rings is 1. The van der Waals surface area contributed by atoms with Gasteiger partial charge in [-0.05, 0) is 25.1 Å². The molecule has 0 saturated heterocycles. The van der Waals surface area contributed by atoms with Gasteiger partial charge in [0.1, 0.15) is 17.8 Å². The highest BCUT2D eigenvalue weighted by molar-refractivity contribution is 6.12. The highest BCUT2D eigenvalue weighted by atomic mass is 19.1. The van der Waals surface area contributed by atoms with Gasteiger partial charge in [0.2, 0.25) is 0 Å². The maximum Gasteiger partial charge on any atom is 0.302 e. The molecule has 0 radical (unpaired) electrons. The zero-order valence-electron chi connectivity index (χ0n) is 17.3. The Balaban J connectivity index is 1.54. The number of hydrogen-bond acceptors (Lipinski definition) is 5. The molecule has 0 fully saturated rings. The van der Waals surface area contributed by atoms with Crippen molar-refractivity contribution < 1.29 is 13.6 Å². The molecule has 3 aromatic heterocycles. The van der Waals surface area contributed by atoms with E-state index in [0.29, 0.717) is 33.7 Å². The molecule has 1 N–H and O–H groups in total. The minimum atomic E-state index is -0.424. The highest BCUT2D eigenvalue weighted by Gasteiger charge is 2.21. The van der Waals surface area contributed by atoms with Gasteiger partial charge in [-0.1, -0.05) is 42.5 Å². The summed E-state index contributed by atoms with van der Waals surface area (Å²) in [6, 6.07) is 17.5. The first-order chi connectivity index (χ1) is 15.5. The molecule has 1 amide bonds. The molecule has 2 aromatic carbocycles. The van der Waals surface area contributed by atoms with Crippen molar-refractivity contribution in [3.8, 4) is 22.5 Å². The van der Waals surface area contributed by atoms with Gasteiger partial charge in [0, 0.05) is 18.2 Å². The van der Waals surface area contributed by atoms with Gasteiger partial charge >= 0.3 is 6.01 Å². The Bertz CT molecular complexity index is 1460. The van der Waals surface area contributed by atoms with E-state index in [9.17, 15) is 9.18 Å². The van der Waals surface area contributed by atoms with Crippen LogP contribution in [0.1, 0.15) is 16.1 Å². The molecule has 0 atom stereocenters. The third-order valence-corrected chi connectivity index (χ3v) is 5.16. The molecule has 0 aliphatic carbocycles. The van der Waals surface area contributed by atoms with Crippen molar-refractivity contribution in [3.63, 3.8) is 0 Å². The molecule has 5 rings (SSSR count). The van der Waals surface area contributed by atoms with Gasteiger partial charge in [0.05, 0.1) is 22.3 Å². The van der Waals surface area contributed by atoms with Crippen LogP contribution in [0.25, 0.3) is 33.5 Å². The lowest BCUT2D eigenvalue weighted by molar-refractivity contribution is 0.102. The molecular weight excluding hydrogens is 409 g/mol. The Morgan fingerprint density at radius 2 is 1.78 bits per heavy atom. The van der Waals surface area contributed by atoms with Crippen LogP contribution >= 0.6 is 0 Å². The van der Waals surface area contributed by atoms with Crippen molar-refractivity contribution >= 4 is 23.0 Å². The number of hydrogen-bond donors (Lipinski definition) is 1. The third-order valence-electron chi connectivity index (χ3n) is 5.16. The fourth-order valence-electron chi connectivity index (χ4n) is 3.67. The molecule has 5 aromatic rings. The number of anilines is 1. The van der Waals surface area contributed by atoms with Crippen molar-refractivity contribution in [1.29, 1.82) is 0 Å². The summed E-state index contributed by atoms with van der Waals surface area (Å²) in [6.45, 7) is 1.82. The zero-order chi connectivity index (χ0) is 22.2. The number of fused-ring (bicyclic) bond motifs is 1. The first kappa shape index (κ1) is 19.6. The van der Waals surface area contributed by atoms with Gasteiger partial charge in [0.15, 0.2) is 5.65 Å². The minimum Gasteiger partial charge on any atom is -0.431 e. The normalized spacial score (nSPS) is 11.1. The standard InChI is InChI=1S/C24H18FN5O2/c1-14-21-17(12-19(15-8-4-3-5-9-15)26-22(21)30(2)29-14)23(31)28-24-27-20(13-32-24)16-10-6-7-11-18(16)25/h3-13H,1-2H3,(H,27,28,31). The summed E-state index contributed by atoms with van der Waals surface area (Å²) in [5, 5.41) is 7.74. The second-order valence-electron chi connectivity index (χ2n) is 7.30. The molecular formula is C24H18FN5O2. The molecule has 158 valence electrons. The van der Waals surface area contributed by atoms with E-state index in [0.717, 1.165) is 5.56 Å². The number of amides is 1. The van der Waals surface area contributed by atoms with Crippen LogP contribution in [0, 0.1) is 12.7 Å². The largest absolute Gasteiger partial charge is 0.431 e. The maximum atomic E-state index is 14.1. The number of aromatic nitrogens is 4. The Labute approximate surface area is 182 Å². The zero-order valence-corrected chi connectivity index (χ0v) is 17.3. The van der Waals surface area contributed by atoms with Crippen LogP contribution in [0.15, 0.2) is 71.3 Å². The van der Waals surface area contributed by atoms with Crippen LogP contribution in [-0.2, 0) is 7.05 Å². The predicted molar refractivity (Wildman–Crippen MR) is 119 cm³/mol. The molecule has 0 saturated carbocycles. The van der Waals surface area contributed by atoms with Gasteiger partial charge in [0.25, 0.3) is 5.91 Å². The first-order valence-electron chi connectivity index (χ1n) is 9.93. The summed E-state index contributed by atoms with van der Waals surface area (Å²) < 4.78 is 21.1. The number of aryl methyl sites for hydroxylation is 2. The summed E-state index contributed by atoms with van der Waals surface area (Å²) in [7, 11) is 1.79. The van der Waals surface area contributed by atoms with Gasteiger partial charge in [-0.2, -0.15) is 10.1 Å². The summed E-state index contributed by atoms with van der Waals surface area (Å²) in [5.74, 6) is -0.847. The second kappa shape index (κ2) is 7.73. The van der Waals surface area contributed by atoms with Gasteiger partial charge in [-0.3, -0.25) is 14.8 Å². The van der Waals surface area contributed by atoms with E-state index in [2.05, 4.69) is 15.4 Å². The average Bonchev–Trinajstić information content (AvgIpc) is 3.38. The molecule has 0 bridgehead atoms. The lowest BCUT2D eigenvalue weighted by atomic mass is 10.1. The van der Waals surface area contributed by atoms with Gasteiger partial charge in [-0.15, -0.1) is 0 Å². The van der Waals surface area contributed by atoms with E-state index in [1.165, 1.54) is 12.3 Å². The molecule has 32 heavy (non-hydrogen) atoms. The van der Waals surface area contributed by atoms with Crippen LogP contribution in [0.2, 0.25) is 0 Å². The molecule has 3 heterocycles. The van der Waals surface area contributed by atoms with E-state index < -0.39 is 11.7 Å². The third kappa shape index (κ3) is 3.41. The van der Waals surface area contributed by atoms with E-state index in [1.807, 2.05) is 37.3 Å². The van der Waals surface area contributed by atoms with Gasteiger partial charge < -0.3 is 4.42 Å². The predicted octanol–water partition coefficient (Wildman–Crippen LogP) is 4.99. The van der Waals surface area contributed by atoms with Crippen LogP contribution < -0.4 is 5.32 Å². The van der Waals surface area contributed by atoms with Crippen LogP contribution in [-0.4, -0.2) is 25.7 Å². The monoisotopic (exact) mass is 427 g/mol. The number of oxazole rings is 1. The number of carbonyl (C=O) groups excluding carboxylic acids is 1. The number of rotatable bonds is 4. The number of nitrogens with one attached hydrogen (secondary N) is 1. The van der Waals surface area contributed by atoms with E-state index in [4.69, 9.17) is 9.40 Å². The SMILES string of the molecule is Cc1nn(C)c2nc(-c3ccccc3)cc(C(=O)Nc3nc(-c4ccccc4F)co3)c12. The number of carbonyl (C=O) groups is 1. The Morgan fingerprint density at radius 1 is 1.03 bits per heavy atom. The lowest BCUT2D eigenvalue weighted by Crippen LogP contribution is -2.13. The van der Waals surface area contributed by atoms with Crippen molar-refractivity contribution in [2.75, 3.05) is 5.32 Å². The van der Waals surface area contributed by atoms with Crippen LogP contribution in [0.3, 0.4) is 0 Å². The summed E-state index contributed by atoms with van der Waals surface area (Å²) in [5.41, 5.74) is 3.77. The molecule has 7 nitrogen and oxygen atoms in total. The molecule has 0 spiro atoms. The quantitative estimate of drug-likeness (QED) is 0.437. The molecule has 0 aliphatic heterocycles. The average molecular weight is 427 g/mol. The van der Waals surface area contributed by atoms with Crippen molar-refractivity contribution in [1.82, 2.24) is 19.7 Å². The summed E-state index contributed by atoms with van der Waals surface area (Å²) in [4.78, 5) is 22.2. The summed E-state index contributed by atoms with van der Waals surface area (Å²) >= 11 is 0. The molecule has 0 aliphatic rings.